The van der Waals surface area contributed by atoms with E-state index in [0.29, 0.717) is 54.1 Å². The Balaban J connectivity index is 1.57. The highest BCUT2D eigenvalue weighted by Crippen LogP contribution is 2.67. The van der Waals surface area contributed by atoms with Crippen LogP contribution in [0.25, 0.3) is 0 Å². The van der Waals surface area contributed by atoms with E-state index in [1.54, 1.807) is 0 Å². The summed E-state index contributed by atoms with van der Waals surface area (Å²) < 4.78 is 0. The fourth-order valence-corrected chi connectivity index (χ4v) is 8.44. The van der Waals surface area contributed by atoms with Crippen LogP contribution in [0.3, 0.4) is 0 Å². The van der Waals surface area contributed by atoms with Crippen LogP contribution in [0, 0.1) is 46.3 Å². The number of hydrogen-bond acceptors (Lipinski definition) is 3. The first kappa shape index (κ1) is 20.4. The number of carbonyl (C=O) groups excluding carboxylic acids is 1. The van der Waals surface area contributed by atoms with Crippen LogP contribution in [-0.4, -0.2) is 28.1 Å². The van der Waals surface area contributed by atoms with E-state index in [-0.39, 0.29) is 23.4 Å². The Hall–Kier alpha value is -0.900. The summed E-state index contributed by atoms with van der Waals surface area (Å²) in [5.41, 5.74) is -0.0391. The van der Waals surface area contributed by atoms with E-state index in [9.17, 15) is 14.7 Å². The second-order valence-corrected chi connectivity index (χ2v) is 11.1. The maximum Gasteiger partial charge on any atom is 0.303 e. The van der Waals surface area contributed by atoms with Crippen molar-refractivity contribution in [1.82, 2.24) is 0 Å². The largest absolute Gasteiger partial charge is 0.481 e. The van der Waals surface area contributed by atoms with Gasteiger partial charge in [-0.1, -0.05) is 20.8 Å². The molecule has 0 saturated heterocycles. The van der Waals surface area contributed by atoms with Crippen molar-refractivity contribution >= 4 is 11.8 Å². The molecule has 0 spiro atoms. The first-order valence-electron chi connectivity index (χ1n) is 11.6. The van der Waals surface area contributed by atoms with Crippen LogP contribution in [-0.2, 0) is 9.59 Å². The van der Waals surface area contributed by atoms with Crippen molar-refractivity contribution in [1.29, 1.82) is 0 Å². The van der Waals surface area contributed by atoms with Gasteiger partial charge < -0.3 is 10.2 Å². The molecule has 4 aliphatic rings. The van der Waals surface area contributed by atoms with Gasteiger partial charge >= 0.3 is 5.97 Å². The maximum absolute atomic E-state index is 13.6. The summed E-state index contributed by atoms with van der Waals surface area (Å²) in [5, 5.41) is 19.3. The highest BCUT2D eigenvalue weighted by molar-refractivity contribution is 5.87. The maximum atomic E-state index is 13.6. The fraction of sp³-hybridized carbons (Fsp3) is 0.917. The van der Waals surface area contributed by atoms with E-state index in [4.69, 9.17) is 5.11 Å². The number of Topliss-reactive ketones (excluding diaryl/α,β-unsaturated/α-hetero) is 1. The molecular formula is C24H38O4. The number of aliphatic carboxylic acids is 1. The van der Waals surface area contributed by atoms with Gasteiger partial charge in [-0.2, -0.15) is 0 Å². The van der Waals surface area contributed by atoms with Gasteiger partial charge in [0.15, 0.2) is 0 Å². The van der Waals surface area contributed by atoms with Gasteiger partial charge in [-0.15, -0.1) is 0 Å². The third kappa shape index (κ3) is 2.97. The molecule has 4 nitrogen and oxygen atoms in total. The minimum Gasteiger partial charge on any atom is -0.481 e. The van der Waals surface area contributed by atoms with Crippen LogP contribution < -0.4 is 0 Å². The van der Waals surface area contributed by atoms with Crippen molar-refractivity contribution in [2.24, 2.45) is 46.3 Å². The van der Waals surface area contributed by atoms with Gasteiger partial charge in [-0.25, -0.2) is 0 Å². The lowest BCUT2D eigenvalue weighted by Gasteiger charge is -2.60. The summed E-state index contributed by atoms with van der Waals surface area (Å²) in [6.07, 6.45) is 8.96. The Morgan fingerprint density at radius 1 is 1.14 bits per heavy atom. The molecule has 4 aliphatic carbocycles. The molecular weight excluding hydrogens is 352 g/mol. The normalized spacial score (nSPS) is 49.1. The Labute approximate surface area is 169 Å². The molecule has 158 valence electrons. The average Bonchev–Trinajstić information content (AvgIpc) is 3.00. The number of ketones is 1. The molecule has 4 heteroatoms. The number of carboxylic acids is 1. The summed E-state index contributed by atoms with van der Waals surface area (Å²) >= 11 is 0. The van der Waals surface area contributed by atoms with Crippen LogP contribution in [0.2, 0.25) is 0 Å². The van der Waals surface area contributed by atoms with E-state index in [0.717, 1.165) is 32.1 Å². The smallest absolute Gasteiger partial charge is 0.303 e. The van der Waals surface area contributed by atoms with Crippen molar-refractivity contribution in [2.75, 3.05) is 0 Å². The van der Waals surface area contributed by atoms with Gasteiger partial charge in [0, 0.05) is 18.3 Å². The van der Waals surface area contributed by atoms with Crippen LogP contribution in [0.5, 0.6) is 0 Å². The van der Waals surface area contributed by atoms with Crippen molar-refractivity contribution < 1.29 is 19.8 Å². The minimum atomic E-state index is -0.729. The molecule has 0 unspecified atom stereocenters. The van der Waals surface area contributed by atoms with Gasteiger partial charge in [0.2, 0.25) is 0 Å². The Bertz CT molecular complexity index is 645. The predicted molar refractivity (Wildman–Crippen MR) is 108 cm³/mol. The second kappa shape index (κ2) is 7.11. The van der Waals surface area contributed by atoms with Crippen LogP contribution in [0.15, 0.2) is 0 Å². The zero-order valence-electron chi connectivity index (χ0n) is 17.8. The number of rotatable bonds is 4. The number of carboxylic acid groups (broad SMARTS) is 1. The van der Waals surface area contributed by atoms with Crippen molar-refractivity contribution in [3.63, 3.8) is 0 Å². The standard InChI is InChI=1S/C24H38O4/c1-14(4-9-22(27)28)18-7-8-19-17-6-5-15-12-16(25)10-11-23(15,2)20(17)13-21(26)24(18,19)3/h14-20,25H,4-13H2,1-3H3,(H,27,28)/t14-,15-,16-,17+,18+,19-,20-,23+,24+/m1/s1. The Morgan fingerprint density at radius 2 is 1.89 bits per heavy atom. The molecule has 0 aromatic carbocycles. The molecule has 0 bridgehead atoms. The molecule has 0 aromatic heterocycles. The van der Waals surface area contributed by atoms with Gasteiger partial charge in [0.25, 0.3) is 0 Å². The topological polar surface area (TPSA) is 74.6 Å². The van der Waals surface area contributed by atoms with Crippen LogP contribution in [0.1, 0.15) is 85.0 Å². The summed E-state index contributed by atoms with van der Waals surface area (Å²) in [6, 6.07) is 0. The summed E-state index contributed by atoms with van der Waals surface area (Å²) in [4.78, 5) is 24.7. The molecule has 0 heterocycles. The van der Waals surface area contributed by atoms with Gasteiger partial charge in [-0.05, 0) is 92.3 Å². The molecule has 0 amide bonds. The molecule has 0 aromatic rings. The number of hydrogen-bond donors (Lipinski definition) is 2. The zero-order valence-corrected chi connectivity index (χ0v) is 17.8. The van der Waals surface area contributed by atoms with Gasteiger partial charge in [0.1, 0.15) is 5.78 Å². The first-order chi connectivity index (χ1) is 13.2. The summed E-state index contributed by atoms with van der Waals surface area (Å²) in [6.45, 7) is 6.81. The number of carbonyl (C=O) groups is 2. The number of aliphatic hydroxyl groups excluding tert-OH is 1. The zero-order chi connectivity index (χ0) is 20.3. The van der Waals surface area contributed by atoms with Crippen LogP contribution in [0.4, 0.5) is 0 Å². The fourth-order valence-electron chi connectivity index (χ4n) is 8.44. The lowest BCUT2D eigenvalue weighted by atomic mass is 9.44. The van der Waals surface area contributed by atoms with Crippen LogP contribution >= 0.6 is 0 Å². The molecule has 2 N–H and O–H groups in total. The molecule has 4 rings (SSSR count). The summed E-state index contributed by atoms with van der Waals surface area (Å²) in [7, 11) is 0. The predicted octanol–water partition coefficient (Wildman–Crippen LogP) is 4.69. The molecule has 4 saturated carbocycles. The van der Waals surface area contributed by atoms with E-state index >= 15 is 0 Å². The third-order valence-electron chi connectivity index (χ3n) is 10.1. The minimum absolute atomic E-state index is 0.148. The summed E-state index contributed by atoms with van der Waals surface area (Å²) in [5.74, 6) is 2.52. The second-order valence-electron chi connectivity index (χ2n) is 11.1. The molecule has 0 radical (unpaired) electrons. The Morgan fingerprint density at radius 3 is 2.61 bits per heavy atom. The first-order valence-corrected chi connectivity index (χ1v) is 11.6. The van der Waals surface area contributed by atoms with E-state index in [1.807, 2.05) is 0 Å². The highest BCUT2D eigenvalue weighted by atomic mass is 16.4. The highest BCUT2D eigenvalue weighted by Gasteiger charge is 2.63. The number of aliphatic hydroxyl groups is 1. The quantitative estimate of drug-likeness (QED) is 0.730. The van der Waals surface area contributed by atoms with Crippen molar-refractivity contribution in [2.45, 2.75) is 91.1 Å². The monoisotopic (exact) mass is 390 g/mol. The average molecular weight is 391 g/mol. The Kier molecular flexibility index (Phi) is 5.17. The molecule has 0 aliphatic heterocycles. The van der Waals surface area contributed by atoms with Crippen molar-refractivity contribution in [3.8, 4) is 0 Å². The lowest BCUT2D eigenvalue weighted by Crippen LogP contribution is -2.57. The molecule has 9 atom stereocenters. The number of fused-ring (bicyclic) bond motifs is 5. The van der Waals surface area contributed by atoms with E-state index in [2.05, 4.69) is 20.8 Å². The molecule has 28 heavy (non-hydrogen) atoms. The SMILES string of the molecule is C[C@H](CCC(=O)O)[C@@H]1CC[C@@H]2[C@@H]3CC[C@@H]4C[C@H](O)CC[C@]4(C)[C@@H]3CC(=O)[C@]21C. The molecule has 4 fully saturated rings. The lowest BCUT2D eigenvalue weighted by molar-refractivity contribution is -0.160. The van der Waals surface area contributed by atoms with Crippen molar-refractivity contribution in [3.05, 3.63) is 0 Å². The van der Waals surface area contributed by atoms with Gasteiger partial charge in [0.05, 0.1) is 6.10 Å². The van der Waals surface area contributed by atoms with E-state index < -0.39 is 5.97 Å². The van der Waals surface area contributed by atoms with E-state index in [1.165, 1.54) is 12.8 Å². The third-order valence-corrected chi connectivity index (χ3v) is 10.1. The van der Waals surface area contributed by atoms with Gasteiger partial charge in [-0.3, -0.25) is 9.59 Å².